The predicted molar refractivity (Wildman–Crippen MR) is 88.7 cm³/mol. The van der Waals surface area contributed by atoms with Crippen LogP contribution in [0.3, 0.4) is 0 Å². The van der Waals surface area contributed by atoms with E-state index in [0.29, 0.717) is 11.6 Å². The fourth-order valence-corrected chi connectivity index (χ4v) is 3.60. The molecule has 0 aliphatic heterocycles. The molecule has 0 radical (unpaired) electrons. The van der Waals surface area contributed by atoms with E-state index in [1.54, 1.807) is 18.0 Å². The molecule has 8 heteroatoms. The van der Waals surface area contributed by atoms with E-state index in [1.807, 2.05) is 31.3 Å². The van der Waals surface area contributed by atoms with Gasteiger partial charge in [-0.25, -0.2) is 4.98 Å². The highest BCUT2D eigenvalue weighted by Gasteiger charge is 2.09. The first-order valence-corrected chi connectivity index (χ1v) is 8.69. The highest BCUT2D eigenvalue weighted by atomic mass is 79.9. The normalized spacial score (nSPS) is 10.8. The van der Waals surface area contributed by atoms with Gasteiger partial charge >= 0.3 is 0 Å². The van der Waals surface area contributed by atoms with E-state index in [0.717, 1.165) is 25.3 Å². The summed E-state index contributed by atoms with van der Waals surface area (Å²) < 4.78 is 7.67. The van der Waals surface area contributed by atoms with E-state index < -0.39 is 0 Å². The van der Waals surface area contributed by atoms with Crippen molar-refractivity contribution in [1.82, 2.24) is 15.2 Å². The third kappa shape index (κ3) is 3.63. The summed E-state index contributed by atoms with van der Waals surface area (Å²) in [6, 6.07) is 7.94. The molecule has 3 aromatic rings. The van der Waals surface area contributed by atoms with E-state index in [-0.39, 0.29) is 0 Å². The largest absolute Gasteiger partial charge is 0.440 e. The van der Waals surface area contributed by atoms with Gasteiger partial charge in [0.05, 0.1) is 11.9 Å². The summed E-state index contributed by atoms with van der Waals surface area (Å²) in [5, 5.41) is 11.8. The fraction of sp³-hybridized carbons (Fsp3) is 0.154. The van der Waals surface area contributed by atoms with Crippen molar-refractivity contribution in [3.05, 3.63) is 40.8 Å². The second-order valence-electron chi connectivity index (χ2n) is 4.04. The number of thioether (sulfide) groups is 1. The number of anilines is 1. The molecular weight excluding hydrogens is 372 g/mol. The van der Waals surface area contributed by atoms with Gasteiger partial charge in [-0.05, 0) is 12.1 Å². The average Bonchev–Trinajstić information content (AvgIpc) is 3.14. The summed E-state index contributed by atoms with van der Waals surface area (Å²) in [6.45, 7) is 0. The minimum Gasteiger partial charge on any atom is -0.440 e. The van der Waals surface area contributed by atoms with Gasteiger partial charge in [0.25, 0.3) is 0 Å². The minimum atomic E-state index is 0.631. The van der Waals surface area contributed by atoms with Crippen LogP contribution in [0.2, 0.25) is 0 Å². The molecule has 108 valence electrons. The summed E-state index contributed by atoms with van der Waals surface area (Å²) in [5.41, 5.74) is 1.00. The van der Waals surface area contributed by atoms with Gasteiger partial charge in [0.1, 0.15) is 0 Å². The van der Waals surface area contributed by atoms with Crippen molar-refractivity contribution < 1.29 is 4.42 Å². The van der Waals surface area contributed by atoms with Crippen LogP contribution in [0, 0.1) is 0 Å². The molecule has 3 rings (SSSR count). The number of rotatable bonds is 5. The van der Waals surface area contributed by atoms with Crippen molar-refractivity contribution in [3.8, 4) is 11.3 Å². The Morgan fingerprint density at radius 2 is 2.29 bits per heavy atom. The lowest BCUT2D eigenvalue weighted by Crippen LogP contribution is -1.84. The molecule has 0 aliphatic carbocycles. The predicted octanol–water partition coefficient (Wildman–Crippen LogP) is 4.29. The Morgan fingerprint density at radius 3 is 3.05 bits per heavy atom. The summed E-state index contributed by atoms with van der Waals surface area (Å²) >= 11 is 6.52. The van der Waals surface area contributed by atoms with Crippen molar-refractivity contribution in [2.45, 2.75) is 10.1 Å². The van der Waals surface area contributed by atoms with Crippen molar-refractivity contribution in [3.63, 3.8) is 0 Å². The number of nitrogens with one attached hydrogen (secondary N) is 1. The molecule has 0 spiro atoms. The van der Waals surface area contributed by atoms with Gasteiger partial charge in [-0.2, -0.15) is 0 Å². The Morgan fingerprint density at radius 1 is 1.38 bits per heavy atom. The third-order valence-corrected chi connectivity index (χ3v) is 5.15. The van der Waals surface area contributed by atoms with Gasteiger partial charge in [0.15, 0.2) is 10.1 Å². The molecule has 0 fully saturated rings. The van der Waals surface area contributed by atoms with Crippen LogP contribution >= 0.6 is 39.0 Å². The molecule has 1 N–H and O–H groups in total. The van der Waals surface area contributed by atoms with Gasteiger partial charge in [-0.3, -0.25) is 0 Å². The SMILES string of the molecule is CNc1nnc(SCc2ncc(-c3cccc(Br)c3)o2)s1. The van der Waals surface area contributed by atoms with E-state index in [4.69, 9.17) is 4.42 Å². The zero-order valence-electron chi connectivity index (χ0n) is 11.0. The molecule has 5 nitrogen and oxygen atoms in total. The molecule has 0 saturated carbocycles. The fourth-order valence-electron chi connectivity index (χ4n) is 1.64. The number of halogens is 1. The Hall–Kier alpha value is -1.38. The highest BCUT2D eigenvalue weighted by molar-refractivity contribution is 9.10. The lowest BCUT2D eigenvalue weighted by Gasteiger charge is -1.96. The zero-order valence-corrected chi connectivity index (χ0v) is 14.3. The molecular formula is C13H11BrN4OS2. The molecule has 1 aromatic carbocycles. The number of nitrogens with zero attached hydrogens (tertiary/aromatic N) is 3. The lowest BCUT2D eigenvalue weighted by molar-refractivity contribution is 0.530. The molecule has 21 heavy (non-hydrogen) atoms. The van der Waals surface area contributed by atoms with Crippen LogP contribution in [0.5, 0.6) is 0 Å². The molecule has 0 amide bonds. The first-order chi connectivity index (χ1) is 10.2. The molecule has 2 aromatic heterocycles. The van der Waals surface area contributed by atoms with Crippen LogP contribution in [0.4, 0.5) is 5.13 Å². The Labute approximate surface area is 138 Å². The topological polar surface area (TPSA) is 63.8 Å². The van der Waals surface area contributed by atoms with Crippen LogP contribution in [0.25, 0.3) is 11.3 Å². The maximum Gasteiger partial charge on any atom is 0.206 e. The first-order valence-electron chi connectivity index (χ1n) is 6.09. The number of benzene rings is 1. The summed E-state index contributed by atoms with van der Waals surface area (Å²) in [6.07, 6.45) is 1.75. The zero-order chi connectivity index (χ0) is 14.7. The van der Waals surface area contributed by atoms with Crippen molar-refractivity contribution in [2.24, 2.45) is 0 Å². The molecule has 2 heterocycles. The van der Waals surface area contributed by atoms with E-state index >= 15 is 0 Å². The monoisotopic (exact) mass is 382 g/mol. The second-order valence-corrected chi connectivity index (χ2v) is 7.16. The minimum absolute atomic E-state index is 0.631. The van der Waals surface area contributed by atoms with Crippen molar-refractivity contribution in [1.29, 1.82) is 0 Å². The molecule has 0 unspecified atom stereocenters. The maximum atomic E-state index is 5.77. The number of aromatic nitrogens is 3. The Kier molecular flexibility index (Phi) is 4.57. The van der Waals surface area contributed by atoms with E-state index in [1.165, 1.54) is 11.3 Å². The smallest absolute Gasteiger partial charge is 0.206 e. The summed E-state index contributed by atoms with van der Waals surface area (Å²) in [7, 11) is 1.83. The molecule has 0 saturated heterocycles. The van der Waals surface area contributed by atoms with Gasteiger partial charge in [-0.15, -0.1) is 10.2 Å². The number of hydrogen-bond donors (Lipinski definition) is 1. The van der Waals surface area contributed by atoms with Crippen molar-refractivity contribution in [2.75, 3.05) is 12.4 Å². The summed E-state index contributed by atoms with van der Waals surface area (Å²) in [5.74, 6) is 2.07. The van der Waals surface area contributed by atoms with Crippen LogP contribution < -0.4 is 5.32 Å². The Bertz CT molecular complexity index is 743. The van der Waals surface area contributed by atoms with Gasteiger partial charge < -0.3 is 9.73 Å². The second kappa shape index (κ2) is 6.59. The molecule has 0 atom stereocenters. The quantitative estimate of drug-likeness (QED) is 0.664. The number of oxazole rings is 1. The van der Waals surface area contributed by atoms with Crippen LogP contribution in [0.1, 0.15) is 5.89 Å². The standard InChI is InChI=1S/C13H11BrN4OS2/c1-15-12-17-18-13(21-12)20-7-11-16-6-10(19-11)8-3-2-4-9(14)5-8/h2-6H,7H2,1H3,(H,15,17). The van der Waals surface area contributed by atoms with Crippen molar-refractivity contribution >= 4 is 44.2 Å². The van der Waals surface area contributed by atoms with E-state index in [2.05, 4.69) is 36.4 Å². The van der Waals surface area contributed by atoms with Crippen LogP contribution in [0.15, 0.2) is 43.7 Å². The van der Waals surface area contributed by atoms with Gasteiger partial charge in [-0.1, -0.05) is 51.2 Å². The third-order valence-electron chi connectivity index (χ3n) is 2.60. The van der Waals surface area contributed by atoms with Gasteiger partial charge in [0, 0.05) is 17.1 Å². The van der Waals surface area contributed by atoms with Crippen LogP contribution in [-0.2, 0) is 5.75 Å². The highest BCUT2D eigenvalue weighted by Crippen LogP contribution is 2.29. The maximum absolute atomic E-state index is 5.77. The number of hydrogen-bond acceptors (Lipinski definition) is 7. The average molecular weight is 383 g/mol. The molecule has 0 aliphatic rings. The Balaban J connectivity index is 1.67. The first kappa shape index (κ1) is 14.6. The van der Waals surface area contributed by atoms with Crippen LogP contribution in [-0.4, -0.2) is 22.2 Å². The van der Waals surface area contributed by atoms with Gasteiger partial charge in [0.2, 0.25) is 11.0 Å². The van der Waals surface area contributed by atoms with E-state index in [9.17, 15) is 0 Å². The summed E-state index contributed by atoms with van der Waals surface area (Å²) in [4.78, 5) is 4.30. The molecule has 0 bridgehead atoms. The lowest BCUT2D eigenvalue weighted by atomic mass is 10.2.